The van der Waals surface area contributed by atoms with E-state index in [0.29, 0.717) is 9.79 Å². The third-order valence-electron chi connectivity index (χ3n) is 7.13. The molecule has 0 heterocycles. The van der Waals surface area contributed by atoms with E-state index in [9.17, 15) is 39.5 Å². The van der Waals surface area contributed by atoms with Crippen molar-refractivity contribution in [2.24, 2.45) is 0 Å². The summed E-state index contributed by atoms with van der Waals surface area (Å²) in [5, 5.41) is 0. The quantitative estimate of drug-likeness (QED) is 0.0738. The SMILES string of the molecule is Cc1c(F)c(F)c(F)c(Oc2ccc([S+](c3ccc(Oc4c(F)c(F)c(F)c(F)c4F)cc3)c3ccc(C(C)(C)C)cc3)cc2)c1F. The molecule has 0 saturated carbocycles. The average molecular weight is 680 g/mol. The molecule has 0 aliphatic carbocycles. The normalized spacial score (nSPS) is 12.3. The molecule has 5 aromatic carbocycles. The zero-order chi connectivity index (χ0) is 34.4. The highest BCUT2D eigenvalue weighted by molar-refractivity contribution is 7.97. The molecule has 0 aliphatic rings. The maximum Gasteiger partial charge on any atom is 0.207 e. The Morgan fingerprint density at radius 1 is 0.426 bits per heavy atom. The van der Waals surface area contributed by atoms with Gasteiger partial charge in [-0.25, -0.2) is 26.3 Å². The fraction of sp³-hybridized carbons (Fsp3) is 0.143. The first kappa shape index (κ1) is 33.8. The first-order valence-electron chi connectivity index (χ1n) is 13.8. The summed E-state index contributed by atoms with van der Waals surface area (Å²) < 4.78 is 136. The Morgan fingerprint density at radius 3 is 1.13 bits per heavy atom. The molecule has 0 amide bonds. The van der Waals surface area contributed by atoms with E-state index in [0.717, 1.165) is 17.4 Å². The second-order valence-corrected chi connectivity index (χ2v) is 13.4. The lowest BCUT2D eigenvalue weighted by Crippen LogP contribution is -2.11. The van der Waals surface area contributed by atoms with Gasteiger partial charge in [0.15, 0.2) is 32.1 Å². The van der Waals surface area contributed by atoms with Crippen LogP contribution in [0.25, 0.3) is 0 Å². The van der Waals surface area contributed by atoms with Crippen LogP contribution in [0.3, 0.4) is 0 Å². The van der Waals surface area contributed by atoms with Crippen molar-refractivity contribution in [2.75, 3.05) is 0 Å². The Kier molecular flexibility index (Phi) is 9.27. The number of benzene rings is 5. The molecule has 0 radical (unpaired) electrons. The van der Waals surface area contributed by atoms with Gasteiger partial charge in [-0.15, -0.1) is 0 Å². The van der Waals surface area contributed by atoms with Gasteiger partial charge in [0.05, 0.1) is 10.9 Å². The third kappa shape index (κ3) is 6.51. The first-order chi connectivity index (χ1) is 22.1. The summed E-state index contributed by atoms with van der Waals surface area (Å²) in [5.74, 6) is -20.4. The lowest BCUT2D eigenvalue weighted by atomic mass is 9.87. The van der Waals surface area contributed by atoms with E-state index >= 15 is 0 Å². The highest BCUT2D eigenvalue weighted by atomic mass is 32.2. The van der Waals surface area contributed by atoms with E-state index < -0.39 is 80.3 Å². The van der Waals surface area contributed by atoms with Crippen molar-refractivity contribution in [3.05, 3.63) is 136 Å². The number of halogens is 9. The fourth-order valence-electron chi connectivity index (χ4n) is 4.51. The maximum atomic E-state index is 14.6. The predicted octanol–water partition coefficient (Wildman–Crippen LogP) is 11.2. The monoisotopic (exact) mass is 679 g/mol. The van der Waals surface area contributed by atoms with Gasteiger partial charge in [0.25, 0.3) is 0 Å². The second kappa shape index (κ2) is 12.9. The van der Waals surface area contributed by atoms with Gasteiger partial charge >= 0.3 is 0 Å². The topological polar surface area (TPSA) is 18.5 Å². The van der Waals surface area contributed by atoms with Crippen LogP contribution in [-0.2, 0) is 16.3 Å². The predicted molar refractivity (Wildman–Crippen MR) is 158 cm³/mol. The van der Waals surface area contributed by atoms with E-state index in [-0.39, 0.29) is 16.9 Å². The number of hydrogen-bond acceptors (Lipinski definition) is 2. The van der Waals surface area contributed by atoms with Crippen molar-refractivity contribution < 1.29 is 49.0 Å². The molecule has 1 unspecified atom stereocenters. The lowest BCUT2D eigenvalue weighted by Gasteiger charge is -2.19. The smallest absolute Gasteiger partial charge is 0.207 e. The van der Waals surface area contributed by atoms with Crippen LogP contribution in [0.15, 0.2) is 87.5 Å². The minimum Gasteiger partial charge on any atom is -0.451 e. The summed E-state index contributed by atoms with van der Waals surface area (Å²) in [6.45, 7) is 7.08. The Morgan fingerprint density at radius 2 is 0.745 bits per heavy atom. The largest absolute Gasteiger partial charge is 0.451 e. The molecular formula is C35H24F9O2S+. The van der Waals surface area contributed by atoms with Gasteiger partial charge in [0, 0.05) is 5.56 Å². The molecule has 0 aliphatic heterocycles. The summed E-state index contributed by atoms with van der Waals surface area (Å²) in [7, 11) is -0.884. The van der Waals surface area contributed by atoms with Crippen LogP contribution in [0.1, 0.15) is 31.9 Å². The number of hydrogen-bond donors (Lipinski definition) is 0. The molecule has 0 bridgehead atoms. The van der Waals surface area contributed by atoms with Gasteiger partial charge in [-0.3, -0.25) is 0 Å². The molecule has 0 spiro atoms. The molecular weight excluding hydrogens is 655 g/mol. The summed E-state index contributed by atoms with van der Waals surface area (Å²) in [6, 6.07) is 19.3. The standard InChI is InChI=1S/C35H24F9O2S/c1-17-24(36)26(38)30(42)33(25(17)37)45-19-7-13-22(14-8-19)47(21-11-5-18(6-12-21)35(2,3)4)23-15-9-20(10-16-23)46-34-31(43)28(40)27(39)29(41)32(34)44/h5-16H,1-4H3/q+1. The van der Waals surface area contributed by atoms with E-state index in [1.807, 2.05) is 45.0 Å². The highest BCUT2D eigenvalue weighted by Crippen LogP contribution is 2.38. The molecule has 0 aromatic heterocycles. The molecule has 5 aromatic rings. The minimum absolute atomic E-state index is 0.0739. The Balaban J connectivity index is 1.51. The van der Waals surface area contributed by atoms with Crippen LogP contribution in [0.4, 0.5) is 39.5 Å². The van der Waals surface area contributed by atoms with Crippen molar-refractivity contribution in [3.63, 3.8) is 0 Å². The maximum absolute atomic E-state index is 14.6. The van der Waals surface area contributed by atoms with Crippen molar-refractivity contribution in [3.8, 4) is 23.0 Å². The van der Waals surface area contributed by atoms with Gasteiger partial charge in [0.1, 0.15) is 11.5 Å². The van der Waals surface area contributed by atoms with Crippen LogP contribution in [0.5, 0.6) is 23.0 Å². The third-order valence-corrected chi connectivity index (χ3v) is 9.36. The van der Waals surface area contributed by atoms with E-state index in [1.54, 1.807) is 24.3 Å². The molecule has 0 N–H and O–H groups in total. The van der Waals surface area contributed by atoms with Crippen molar-refractivity contribution >= 4 is 10.9 Å². The van der Waals surface area contributed by atoms with Gasteiger partial charge in [-0.05, 0) is 78.6 Å². The summed E-state index contributed by atoms with van der Waals surface area (Å²) in [5.41, 5.74) is 0.149. The lowest BCUT2D eigenvalue weighted by molar-refractivity contribution is 0.332. The average Bonchev–Trinajstić information content (AvgIpc) is 3.06. The van der Waals surface area contributed by atoms with Crippen LogP contribution in [0.2, 0.25) is 0 Å². The second-order valence-electron chi connectivity index (χ2n) is 11.3. The van der Waals surface area contributed by atoms with E-state index in [4.69, 9.17) is 9.47 Å². The van der Waals surface area contributed by atoms with Crippen LogP contribution in [-0.4, -0.2) is 0 Å². The van der Waals surface area contributed by atoms with Crippen LogP contribution < -0.4 is 9.47 Å². The zero-order valence-electron chi connectivity index (χ0n) is 25.1. The molecule has 0 saturated heterocycles. The summed E-state index contributed by atoms with van der Waals surface area (Å²) >= 11 is 0. The zero-order valence-corrected chi connectivity index (χ0v) is 25.9. The van der Waals surface area contributed by atoms with E-state index in [1.165, 1.54) is 24.3 Å². The molecule has 244 valence electrons. The van der Waals surface area contributed by atoms with Gasteiger partial charge in [0.2, 0.25) is 46.4 Å². The first-order valence-corrected chi connectivity index (χ1v) is 15.1. The Hall–Kier alpha value is -4.58. The Labute approximate surface area is 266 Å². The minimum atomic E-state index is -2.31. The molecule has 5 rings (SSSR count). The molecule has 2 nitrogen and oxygen atoms in total. The van der Waals surface area contributed by atoms with Gasteiger partial charge in [-0.1, -0.05) is 32.9 Å². The highest BCUT2D eigenvalue weighted by Gasteiger charge is 2.31. The summed E-state index contributed by atoms with van der Waals surface area (Å²) in [4.78, 5) is 2.12. The van der Waals surface area contributed by atoms with Gasteiger partial charge in [-0.2, -0.15) is 13.2 Å². The number of ether oxygens (including phenoxy) is 2. The molecule has 1 atom stereocenters. The fourth-order valence-corrected chi connectivity index (χ4v) is 6.55. The van der Waals surface area contributed by atoms with Crippen molar-refractivity contribution in [1.29, 1.82) is 0 Å². The van der Waals surface area contributed by atoms with Crippen molar-refractivity contribution in [1.82, 2.24) is 0 Å². The van der Waals surface area contributed by atoms with Crippen molar-refractivity contribution in [2.45, 2.75) is 47.8 Å². The summed E-state index contributed by atoms with van der Waals surface area (Å²) in [6.07, 6.45) is 0. The number of rotatable bonds is 7. The molecule has 47 heavy (non-hydrogen) atoms. The Bertz CT molecular complexity index is 1780. The van der Waals surface area contributed by atoms with Gasteiger partial charge < -0.3 is 9.47 Å². The molecule has 0 fully saturated rings. The molecule has 12 heteroatoms. The van der Waals surface area contributed by atoms with Crippen LogP contribution >= 0.6 is 0 Å². The van der Waals surface area contributed by atoms with Crippen LogP contribution in [0, 0.1) is 59.3 Å². The van der Waals surface area contributed by atoms with E-state index in [2.05, 4.69) is 0 Å².